The van der Waals surface area contributed by atoms with Crippen LogP contribution in [0.15, 0.2) is 5.18 Å². The van der Waals surface area contributed by atoms with Crippen molar-refractivity contribution in [2.75, 3.05) is 79.2 Å². The van der Waals surface area contributed by atoms with Gasteiger partial charge in [-0.1, -0.05) is 5.18 Å². The van der Waals surface area contributed by atoms with Gasteiger partial charge in [-0.2, -0.15) is 4.91 Å². The highest BCUT2D eigenvalue weighted by Gasteiger charge is 2.38. The van der Waals surface area contributed by atoms with Crippen molar-refractivity contribution < 1.29 is 53.2 Å². The van der Waals surface area contributed by atoms with Gasteiger partial charge in [-0.25, -0.2) is 0 Å². The molecule has 0 aliphatic carbocycles. The first-order valence-corrected chi connectivity index (χ1v) is 21.6. The van der Waals surface area contributed by atoms with Gasteiger partial charge in [0.25, 0.3) is 0 Å². The Labute approximate surface area is 354 Å². The quantitative estimate of drug-likeness (QED) is 0.0407. The van der Waals surface area contributed by atoms with Gasteiger partial charge in [0, 0.05) is 19.8 Å². The molecule has 0 amide bonds. The molecule has 0 unspecified atom stereocenters. The van der Waals surface area contributed by atoms with Crippen molar-refractivity contribution >= 4 is 0 Å². The van der Waals surface area contributed by atoms with Gasteiger partial charge in [0.05, 0.1) is 110 Å². The molecule has 13 nitrogen and oxygen atoms in total. The minimum atomic E-state index is -0.802. The van der Waals surface area contributed by atoms with Crippen LogP contribution in [0.25, 0.3) is 0 Å². The highest BCUT2D eigenvalue weighted by Crippen LogP contribution is 2.30. The fourth-order valence-electron chi connectivity index (χ4n) is 5.48. The van der Waals surface area contributed by atoms with Crippen molar-refractivity contribution in [2.45, 2.75) is 207 Å². The summed E-state index contributed by atoms with van der Waals surface area (Å²) in [6.07, 6.45) is 4.66. The zero-order valence-corrected chi connectivity index (χ0v) is 40.1. The zero-order chi connectivity index (χ0) is 45.0. The number of ether oxygens (including phenoxy) is 8. The van der Waals surface area contributed by atoms with Crippen LogP contribution >= 0.6 is 0 Å². The Morgan fingerprint density at radius 2 is 0.672 bits per heavy atom. The van der Waals surface area contributed by atoms with Crippen molar-refractivity contribution in [3.8, 4) is 0 Å². The lowest BCUT2D eigenvalue weighted by atomic mass is 9.90. The van der Waals surface area contributed by atoms with Crippen molar-refractivity contribution in [2.24, 2.45) is 10.6 Å². The lowest BCUT2D eigenvalue weighted by Crippen LogP contribution is -2.47. The average Bonchev–Trinajstić information content (AvgIpc) is 3.04. The molecule has 58 heavy (non-hydrogen) atoms. The van der Waals surface area contributed by atoms with E-state index in [2.05, 4.69) is 5.18 Å². The molecule has 0 saturated carbocycles. The van der Waals surface area contributed by atoms with Gasteiger partial charge in [0.15, 0.2) is 0 Å². The molecule has 348 valence electrons. The predicted molar refractivity (Wildman–Crippen MR) is 232 cm³/mol. The van der Waals surface area contributed by atoms with Crippen molar-refractivity contribution in [1.29, 1.82) is 0 Å². The Morgan fingerprint density at radius 1 is 0.379 bits per heavy atom. The largest absolute Gasteiger partial charge is 0.396 e. The molecule has 0 saturated heterocycles. The van der Waals surface area contributed by atoms with E-state index in [0.29, 0.717) is 104 Å². The molecule has 0 spiro atoms. The third-order valence-corrected chi connectivity index (χ3v) is 10.4. The molecule has 0 atom stereocenters. The van der Waals surface area contributed by atoms with Crippen LogP contribution < -0.4 is 0 Å². The summed E-state index contributed by atoms with van der Waals surface area (Å²) < 4.78 is 51.0. The molecule has 0 aromatic rings. The topological polar surface area (TPSA) is 164 Å². The molecule has 13 heteroatoms. The van der Waals surface area contributed by atoms with E-state index < -0.39 is 50.2 Å². The Balaban J connectivity index is 6.23. The number of hydrogen-bond acceptors (Lipinski definition) is 13. The van der Waals surface area contributed by atoms with Crippen LogP contribution in [-0.4, -0.2) is 139 Å². The molecule has 0 bridgehead atoms. The summed E-state index contributed by atoms with van der Waals surface area (Å²) in [4.78, 5) is 10.7. The maximum Gasteiger partial charge on any atom is 0.0838 e. The van der Waals surface area contributed by atoms with E-state index in [1.165, 1.54) is 0 Å². The van der Waals surface area contributed by atoms with Gasteiger partial charge in [0.2, 0.25) is 0 Å². The summed E-state index contributed by atoms with van der Waals surface area (Å²) in [5.74, 6) is 0. The van der Waals surface area contributed by atoms with Gasteiger partial charge >= 0.3 is 0 Å². The van der Waals surface area contributed by atoms with Gasteiger partial charge in [-0.15, -0.1) is 0 Å². The van der Waals surface area contributed by atoms with Gasteiger partial charge < -0.3 is 53.2 Å². The Morgan fingerprint density at radius 3 is 1.00 bits per heavy atom. The van der Waals surface area contributed by atoms with E-state index in [9.17, 15) is 20.2 Å². The Kier molecular flexibility index (Phi) is 24.9. The van der Waals surface area contributed by atoms with E-state index in [1.807, 2.05) is 83.1 Å². The van der Waals surface area contributed by atoms with Crippen molar-refractivity contribution in [1.82, 2.24) is 0 Å². The van der Waals surface area contributed by atoms with E-state index in [-0.39, 0.29) is 26.4 Å². The Hall–Kier alpha value is -0.840. The summed E-state index contributed by atoms with van der Waals surface area (Å²) in [7, 11) is 0. The number of hydrogen-bond donors (Lipinski definition) is 3. The zero-order valence-electron chi connectivity index (χ0n) is 40.1. The minimum Gasteiger partial charge on any atom is -0.396 e. The lowest BCUT2D eigenvalue weighted by molar-refractivity contribution is -0.170. The summed E-state index contributed by atoms with van der Waals surface area (Å²) in [5, 5.41) is 32.8. The van der Waals surface area contributed by atoms with Crippen molar-refractivity contribution in [3.63, 3.8) is 0 Å². The fraction of sp³-hybridized carbons (Fsp3) is 1.00. The molecule has 3 N–H and O–H groups in total. The minimum absolute atomic E-state index is 0.0571. The molecule has 0 rings (SSSR count). The highest BCUT2D eigenvalue weighted by atomic mass is 16.5. The van der Waals surface area contributed by atoms with E-state index in [1.54, 1.807) is 27.7 Å². The maximum absolute atomic E-state index is 10.7. The molecule has 0 aliphatic rings. The molecule has 0 aromatic heterocycles. The second kappa shape index (κ2) is 25.3. The number of nitroso groups, excluding NO2 is 1. The van der Waals surface area contributed by atoms with Crippen LogP contribution in [0, 0.1) is 10.3 Å². The first-order chi connectivity index (χ1) is 26.3. The summed E-state index contributed by atoms with van der Waals surface area (Å²) >= 11 is 0. The van der Waals surface area contributed by atoms with Gasteiger partial charge in [-0.05, 0) is 162 Å². The third kappa shape index (κ3) is 31.1. The van der Waals surface area contributed by atoms with Crippen LogP contribution in [0.4, 0.5) is 0 Å². The smallest absolute Gasteiger partial charge is 0.0838 e. The second-order valence-electron chi connectivity index (χ2n) is 21.3. The highest BCUT2D eigenvalue weighted by molar-refractivity contribution is 4.85. The van der Waals surface area contributed by atoms with Crippen LogP contribution in [0.5, 0.6) is 0 Å². The van der Waals surface area contributed by atoms with Crippen LogP contribution in [0.2, 0.25) is 0 Å². The standard InChI is InChI=1S/C45H91NO12/c1-37(2,48)19-29-53-41(9,10)21-27-51-33-45(34-52-28-22-42(11,12)54-30-20-38(3,4)49,36-58-44(15,16)24-32-56-40(7,8)18-26-47)35-57-43(13,14)23-31-55-39(5,6)17-25-46-50/h47-49H,17-36H2,1-16H3. The molecular formula is C45H91NO12. The predicted octanol–water partition coefficient (Wildman–Crippen LogP) is 8.20. The summed E-state index contributed by atoms with van der Waals surface area (Å²) in [5.41, 5.74) is -5.29. The van der Waals surface area contributed by atoms with Crippen LogP contribution in [0.3, 0.4) is 0 Å². The molecule has 0 heterocycles. The monoisotopic (exact) mass is 838 g/mol. The lowest BCUT2D eigenvalue weighted by Gasteiger charge is -2.40. The third-order valence-electron chi connectivity index (χ3n) is 10.4. The molecule has 0 aromatic carbocycles. The van der Waals surface area contributed by atoms with Crippen LogP contribution in [0.1, 0.15) is 162 Å². The van der Waals surface area contributed by atoms with Crippen LogP contribution in [-0.2, 0) is 37.9 Å². The molecule has 0 aliphatic heterocycles. The van der Waals surface area contributed by atoms with Gasteiger partial charge in [0.1, 0.15) is 0 Å². The molecule has 0 radical (unpaired) electrons. The number of aliphatic hydroxyl groups excluding tert-OH is 1. The Bertz CT molecular complexity index is 1050. The number of rotatable bonds is 37. The number of nitrogens with zero attached hydrogens (tertiary/aromatic N) is 1. The van der Waals surface area contributed by atoms with E-state index >= 15 is 0 Å². The van der Waals surface area contributed by atoms with E-state index in [0.717, 1.165) is 0 Å². The second-order valence-corrected chi connectivity index (χ2v) is 21.3. The number of aliphatic hydroxyl groups is 3. The summed E-state index contributed by atoms with van der Waals surface area (Å²) in [6, 6.07) is 0. The summed E-state index contributed by atoms with van der Waals surface area (Å²) in [6.45, 7) is 35.4. The SMILES string of the molecule is CC(C)(O)CCOC(C)(C)CCOCC(COCCC(C)(C)OCCC(C)(C)O)(COC(C)(C)CCOC(C)(C)CCO)COC(C)(C)CCOC(C)(C)CCN=O. The fourth-order valence-corrected chi connectivity index (χ4v) is 5.48. The van der Waals surface area contributed by atoms with E-state index in [4.69, 9.17) is 37.9 Å². The molecular weight excluding hydrogens is 746 g/mol. The maximum atomic E-state index is 10.7. The normalized spacial score (nSPS) is 14.4. The average molecular weight is 838 g/mol. The van der Waals surface area contributed by atoms with Gasteiger partial charge in [-0.3, -0.25) is 0 Å². The van der Waals surface area contributed by atoms with Crippen molar-refractivity contribution in [3.05, 3.63) is 4.91 Å². The first-order valence-electron chi connectivity index (χ1n) is 21.6. The first kappa shape index (κ1) is 57.2. The molecule has 0 fully saturated rings.